The van der Waals surface area contributed by atoms with Crippen LogP contribution in [0.5, 0.6) is 0 Å². The quantitative estimate of drug-likeness (QED) is 0.507. The normalized spacial score (nSPS) is 11.3. The summed E-state index contributed by atoms with van der Waals surface area (Å²) in [5.74, 6) is 0. The molecular formula is C14H10N4. The molecule has 4 nitrogen and oxygen atoms in total. The minimum absolute atomic E-state index is 0.898. The Morgan fingerprint density at radius 2 is 1.72 bits per heavy atom. The van der Waals surface area contributed by atoms with Crippen molar-refractivity contribution in [3.63, 3.8) is 0 Å². The summed E-state index contributed by atoms with van der Waals surface area (Å²) in [7, 11) is 0. The van der Waals surface area contributed by atoms with Crippen molar-refractivity contribution in [3.8, 4) is 11.4 Å². The van der Waals surface area contributed by atoms with Crippen LogP contribution in [0.3, 0.4) is 0 Å². The maximum absolute atomic E-state index is 4.59. The van der Waals surface area contributed by atoms with Crippen molar-refractivity contribution in [2.75, 3.05) is 0 Å². The van der Waals surface area contributed by atoms with Crippen molar-refractivity contribution in [1.29, 1.82) is 0 Å². The highest BCUT2D eigenvalue weighted by atomic mass is 15.0. The summed E-state index contributed by atoms with van der Waals surface area (Å²) in [6.07, 6.45) is 7.80. The number of aromatic nitrogens is 4. The zero-order valence-corrected chi connectivity index (χ0v) is 9.56. The average Bonchev–Trinajstić information content (AvgIpc) is 3.02. The Morgan fingerprint density at radius 3 is 2.61 bits per heavy atom. The molecule has 0 aliphatic carbocycles. The van der Waals surface area contributed by atoms with Gasteiger partial charge in [0.25, 0.3) is 0 Å². The summed E-state index contributed by atoms with van der Waals surface area (Å²) in [5, 5.41) is 0. The van der Waals surface area contributed by atoms with E-state index in [4.69, 9.17) is 0 Å². The van der Waals surface area contributed by atoms with Crippen LogP contribution in [0, 0.1) is 0 Å². The highest BCUT2D eigenvalue weighted by Crippen LogP contribution is 2.22. The molecule has 4 aromatic rings. The lowest BCUT2D eigenvalue weighted by Gasteiger charge is -1.93. The largest absolute Gasteiger partial charge is 0.306 e. The molecule has 0 N–H and O–H groups in total. The van der Waals surface area contributed by atoms with Crippen LogP contribution in [0.25, 0.3) is 22.6 Å². The topological polar surface area (TPSA) is 34.6 Å². The number of rotatable bonds is 1. The minimum Gasteiger partial charge on any atom is -0.306 e. The Morgan fingerprint density at radius 1 is 0.889 bits per heavy atom. The molecular weight excluding hydrogens is 224 g/mol. The summed E-state index contributed by atoms with van der Waals surface area (Å²) < 4.78 is 4.00. The first kappa shape index (κ1) is 9.41. The standard InChI is InChI=1S/C14H10N4/c1-3-8-18-10-15-14(12(18)5-1)11-9-17-7-4-2-6-13(17)16-11/h1-10H. The van der Waals surface area contributed by atoms with Gasteiger partial charge < -0.3 is 8.80 Å². The fraction of sp³-hybridized carbons (Fsp3) is 0. The molecule has 0 spiro atoms. The van der Waals surface area contributed by atoms with Crippen LogP contribution in [-0.4, -0.2) is 18.8 Å². The second-order valence-corrected chi connectivity index (χ2v) is 4.18. The number of hydrogen-bond acceptors (Lipinski definition) is 2. The molecule has 86 valence electrons. The van der Waals surface area contributed by atoms with Crippen LogP contribution >= 0.6 is 0 Å². The van der Waals surface area contributed by atoms with E-state index in [0.717, 1.165) is 22.6 Å². The van der Waals surface area contributed by atoms with Gasteiger partial charge >= 0.3 is 0 Å². The van der Waals surface area contributed by atoms with Gasteiger partial charge in [0.15, 0.2) is 0 Å². The molecule has 0 aliphatic rings. The van der Waals surface area contributed by atoms with Crippen LogP contribution < -0.4 is 0 Å². The molecule has 0 amide bonds. The Hall–Kier alpha value is -2.62. The number of pyridine rings is 2. The van der Waals surface area contributed by atoms with E-state index in [0.29, 0.717) is 0 Å². The molecule has 0 atom stereocenters. The highest BCUT2D eigenvalue weighted by Gasteiger charge is 2.09. The molecule has 0 bridgehead atoms. The Kier molecular flexibility index (Phi) is 1.80. The van der Waals surface area contributed by atoms with Gasteiger partial charge in [0.1, 0.15) is 23.4 Å². The highest BCUT2D eigenvalue weighted by molar-refractivity contribution is 5.75. The van der Waals surface area contributed by atoms with E-state index < -0.39 is 0 Å². The molecule has 0 unspecified atom stereocenters. The Bertz CT molecular complexity index is 808. The van der Waals surface area contributed by atoms with Crippen molar-refractivity contribution in [2.45, 2.75) is 0 Å². The molecule has 0 aliphatic heterocycles. The van der Waals surface area contributed by atoms with Crippen molar-refractivity contribution in [1.82, 2.24) is 18.8 Å². The number of nitrogens with zero attached hydrogens (tertiary/aromatic N) is 4. The van der Waals surface area contributed by atoms with E-state index in [1.807, 2.05) is 70.1 Å². The SMILES string of the molecule is c1ccn2cc(-c3ncn4ccccc34)nc2c1. The van der Waals surface area contributed by atoms with Crippen LogP contribution in [0.2, 0.25) is 0 Å². The number of hydrogen-bond donors (Lipinski definition) is 0. The first-order chi connectivity index (χ1) is 8.92. The van der Waals surface area contributed by atoms with Crippen LogP contribution in [0.1, 0.15) is 0 Å². The second-order valence-electron chi connectivity index (χ2n) is 4.18. The van der Waals surface area contributed by atoms with Gasteiger partial charge in [-0.3, -0.25) is 0 Å². The third kappa shape index (κ3) is 1.26. The van der Waals surface area contributed by atoms with Gasteiger partial charge in [-0.1, -0.05) is 12.1 Å². The van der Waals surface area contributed by atoms with Crippen molar-refractivity contribution in [3.05, 3.63) is 61.3 Å². The molecule has 0 aromatic carbocycles. The molecule has 0 saturated heterocycles. The minimum atomic E-state index is 0.898. The van der Waals surface area contributed by atoms with Crippen LogP contribution in [0.4, 0.5) is 0 Å². The summed E-state index contributed by atoms with van der Waals surface area (Å²) in [5.41, 5.74) is 3.82. The molecule has 4 heterocycles. The van der Waals surface area contributed by atoms with Crippen LogP contribution in [0.15, 0.2) is 61.3 Å². The monoisotopic (exact) mass is 234 g/mol. The maximum Gasteiger partial charge on any atom is 0.137 e. The van der Waals surface area contributed by atoms with E-state index in [9.17, 15) is 0 Å². The van der Waals surface area contributed by atoms with Crippen LogP contribution in [-0.2, 0) is 0 Å². The predicted molar refractivity (Wildman–Crippen MR) is 69.4 cm³/mol. The van der Waals surface area contributed by atoms with Gasteiger partial charge in [0.2, 0.25) is 0 Å². The number of fused-ring (bicyclic) bond motifs is 2. The zero-order valence-electron chi connectivity index (χ0n) is 9.56. The lowest BCUT2D eigenvalue weighted by atomic mass is 10.3. The molecule has 0 saturated carbocycles. The fourth-order valence-electron chi connectivity index (χ4n) is 2.19. The first-order valence-corrected chi connectivity index (χ1v) is 5.78. The summed E-state index contributed by atoms with van der Waals surface area (Å²) in [6.45, 7) is 0. The van der Waals surface area contributed by atoms with Gasteiger partial charge in [-0.2, -0.15) is 0 Å². The lowest BCUT2D eigenvalue weighted by Crippen LogP contribution is -1.81. The molecule has 4 heteroatoms. The zero-order chi connectivity index (χ0) is 11.9. The van der Waals surface area contributed by atoms with Gasteiger partial charge in [-0.05, 0) is 24.3 Å². The maximum atomic E-state index is 4.59. The smallest absolute Gasteiger partial charge is 0.137 e. The molecule has 0 fully saturated rings. The van der Waals surface area contributed by atoms with E-state index in [2.05, 4.69) is 9.97 Å². The summed E-state index contributed by atoms with van der Waals surface area (Å²) in [4.78, 5) is 9.04. The summed E-state index contributed by atoms with van der Waals surface area (Å²) in [6, 6.07) is 12.0. The van der Waals surface area contributed by atoms with Gasteiger partial charge in [-0.15, -0.1) is 0 Å². The Labute approximate surface area is 103 Å². The second kappa shape index (κ2) is 3.43. The van der Waals surface area contributed by atoms with Gasteiger partial charge in [0.05, 0.1) is 5.52 Å². The third-order valence-electron chi connectivity index (χ3n) is 3.05. The van der Waals surface area contributed by atoms with Gasteiger partial charge in [-0.25, -0.2) is 9.97 Å². The van der Waals surface area contributed by atoms with Crippen molar-refractivity contribution < 1.29 is 0 Å². The Balaban J connectivity index is 2.01. The van der Waals surface area contributed by atoms with E-state index in [1.54, 1.807) is 0 Å². The molecule has 4 aromatic heterocycles. The van der Waals surface area contributed by atoms with E-state index in [-0.39, 0.29) is 0 Å². The molecule has 18 heavy (non-hydrogen) atoms. The molecule has 4 rings (SSSR count). The third-order valence-corrected chi connectivity index (χ3v) is 3.05. The predicted octanol–water partition coefficient (Wildman–Crippen LogP) is 2.65. The van der Waals surface area contributed by atoms with Gasteiger partial charge in [0, 0.05) is 18.6 Å². The fourth-order valence-corrected chi connectivity index (χ4v) is 2.19. The molecule has 0 radical (unpaired) electrons. The lowest BCUT2D eigenvalue weighted by molar-refractivity contribution is 1.15. The first-order valence-electron chi connectivity index (χ1n) is 5.78. The average molecular weight is 234 g/mol. The van der Waals surface area contributed by atoms with Crippen molar-refractivity contribution >= 4 is 11.2 Å². The number of imidazole rings is 2. The van der Waals surface area contributed by atoms with E-state index >= 15 is 0 Å². The summed E-state index contributed by atoms with van der Waals surface area (Å²) >= 11 is 0. The van der Waals surface area contributed by atoms with Crippen molar-refractivity contribution in [2.24, 2.45) is 0 Å². The van der Waals surface area contributed by atoms with E-state index in [1.165, 1.54) is 0 Å².